The summed E-state index contributed by atoms with van der Waals surface area (Å²) >= 11 is 1.46. The van der Waals surface area contributed by atoms with Gasteiger partial charge in [0, 0.05) is 6.20 Å². The Morgan fingerprint density at radius 3 is 2.65 bits per heavy atom. The van der Waals surface area contributed by atoms with E-state index in [0.717, 1.165) is 17.0 Å². The molecule has 3 nitrogen and oxygen atoms in total. The van der Waals surface area contributed by atoms with Crippen LogP contribution in [-0.2, 0) is 13.0 Å². The van der Waals surface area contributed by atoms with Crippen LogP contribution in [0.2, 0.25) is 0 Å². The van der Waals surface area contributed by atoms with E-state index in [0.29, 0.717) is 11.7 Å². The van der Waals surface area contributed by atoms with Gasteiger partial charge in [-0.2, -0.15) is 0 Å². The second-order valence-corrected chi connectivity index (χ2v) is 4.99. The van der Waals surface area contributed by atoms with Gasteiger partial charge in [-0.3, -0.25) is 0 Å². The highest BCUT2D eigenvalue weighted by molar-refractivity contribution is 7.15. The second kappa shape index (κ2) is 5.68. The van der Waals surface area contributed by atoms with Crippen LogP contribution in [0.4, 0.5) is 5.13 Å². The Morgan fingerprint density at radius 2 is 2.06 bits per heavy atom. The van der Waals surface area contributed by atoms with Crippen molar-refractivity contribution in [1.29, 1.82) is 0 Å². The summed E-state index contributed by atoms with van der Waals surface area (Å²) in [6.45, 7) is 2.71. The zero-order valence-electron chi connectivity index (χ0n) is 9.85. The van der Waals surface area contributed by atoms with Crippen molar-refractivity contribution in [2.24, 2.45) is 0 Å². The quantitative estimate of drug-likeness (QED) is 0.883. The van der Waals surface area contributed by atoms with E-state index in [2.05, 4.69) is 24.0 Å². The van der Waals surface area contributed by atoms with Crippen molar-refractivity contribution < 1.29 is 4.74 Å². The van der Waals surface area contributed by atoms with Crippen molar-refractivity contribution in [3.05, 3.63) is 40.9 Å². The molecule has 0 aliphatic carbocycles. The maximum Gasteiger partial charge on any atom is 0.180 e. The molecule has 1 aromatic carbocycles. The molecule has 0 radical (unpaired) electrons. The molecule has 0 saturated heterocycles. The Labute approximate surface area is 105 Å². The molecule has 4 heteroatoms. The van der Waals surface area contributed by atoms with Crippen molar-refractivity contribution in [3.63, 3.8) is 0 Å². The van der Waals surface area contributed by atoms with E-state index >= 15 is 0 Å². The first kappa shape index (κ1) is 11.9. The number of benzene rings is 1. The Kier molecular flexibility index (Phi) is 3.98. The maximum atomic E-state index is 5.65. The van der Waals surface area contributed by atoms with E-state index < -0.39 is 0 Å². The van der Waals surface area contributed by atoms with Gasteiger partial charge in [-0.1, -0.05) is 36.8 Å². The van der Waals surface area contributed by atoms with Gasteiger partial charge < -0.3 is 10.5 Å². The van der Waals surface area contributed by atoms with Gasteiger partial charge in [0.1, 0.15) is 12.4 Å². The van der Waals surface area contributed by atoms with Gasteiger partial charge in [0.05, 0.1) is 4.88 Å². The number of thiazole rings is 1. The number of nitrogens with zero attached hydrogens (tertiary/aromatic N) is 1. The molecule has 0 saturated carbocycles. The lowest BCUT2D eigenvalue weighted by Gasteiger charge is -2.05. The van der Waals surface area contributed by atoms with Crippen LogP contribution in [0.3, 0.4) is 0 Å². The van der Waals surface area contributed by atoms with Crippen LogP contribution in [0.5, 0.6) is 5.75 Å². The molecule has 0 amide bonds. The highest BCUT2D eigenvalue weighted by atomic mass is 32.1. The average molecular weight is 248 g/mol. The normalized spacial score (nSPS) is 10.4. The summed E-state index contributed by atoms with van der Waals surface area (Å²) in [5.41, 5.74) is 6.90. The largest absolute Gasteiger partial charge is 0.488 e. The fourth-order valence-electron chi connectivity index (χ4n) is 1.58. The van der Waals surface area contributed by atoms with Crippen LogP contribution >= 0.6 is 11.3 Å². The summed E-state index contributed by atoms with van der Waals surface area (Å²) < 4.78 is 5.65. The fourth-order valence-corrected chi connectivity index (χ4v) is 2.18. The van der Waals surface area contributed by atoms with Crippen LogP contribution in [-0.4, -0.2) is 4.98 Å². The number of aryl methyl sites for hydroxylation is 1. The SMILES string of the molecule is CCCc1ccc(OCc2cnc(N)s2)cc1. The third kappa shape index (κ3) is 3.46. The number of hydrogen-bond acceptors (Lipinski definition) is 4. The Morgan fingerprint density at radius 1 is 1.29 bits per heavy atom. The van der Waals surface area contributed by atoms with E-state index in [1.54, 1.807) is 6.20 Å². The number of rotatable bonds is 5. The lowest BCUT2D eigenvalue weighted by atomic mass is 10.1. The maximum absolute atomic E-state index is 5.65. The monoisotopic (exact) mass is 248 g/mol. The zero-order valence-corrected chi connectivity index (χ0v) is 10.7. The number of hydrogen-bond donors (Lipinski definition) is 1. The summed E-state index contributed by atoms with van der Waals surface area (Å²) in [7, 11) is 0. The van der Waals surface area contributed by atoms with Gasteiger partial charge in [-0.15, -0.1) is 0 Å². The highest BCUT2D eigenvalue weighted by Crippen LogP contribution is 2.18. The van der Waals surface area contributed by atoms with E-state index in [-0.39, 0.29) is 0 Å². The molecule has 0 bridgehead atoms. The molecule has 90 valence electrons. The number of nitrogen functional groups attached to an aromatic ring is 1. The lowest BCUT2D eigenvalue weighted by Crippen LogP contribution is -1.93. The minimum absolute atomic E-state index is 0.530. The molecule has 2 N–H and O–H groups in total. The molecule has 1 heterocycles. The lowest BCUT2D eigenvalue weighted by molar-refractivity contribution is 0.309. The summed E-state index contributed by atoms with van der Waals surface area (Å²) in [6, 6.07) is 8.24. The molecule has 0 aliphatic rings. The van der Waals surface area contributed by atoms with Gasteiger partial charge in [0.25, 0.3) is 0 Å². The Bertz CT molecular complexity index is 465. The van der Waals surface area contributed by atoms with E-state index in [1.807, 2.05) is 12.1 Å². The molecule has 1 aromatic heterocycles. The van der Waals surface area contributed by atoms with Crippen LogP contribution in [0.15, 0.2) is 30.5 Å². The molecule has 2 aromatic rings. The average Bonchev–Trinajstić information content (AvgIpc) is 2.75. The van der Waals surface area contributed by atoms with Crippen molar-refractivity contribution in [3.8, 4) is 5.75 Å². The van der Waals surface area contributed by atoms with Crippen molar-refractivity contribution in [2.45, 2.75) is 26.4 Å². The van der Waals surface area contributed by atoms with Gasteiger partial charge in [-0.25, -0.2) is 4.98 Å². The smallest absolute Gasteiger partial charge is 0.180 e. The van der Waals surface area contributed by atoms with Gasteiger partial charge in [-0.05, 0) is 24.1 Å². The number of aromatic nitrogens is 1. The fraction of sp³-hybridized carbons (Fsp3) is 0.308. The summed E-state index contributed by atoms with van der Waals surface area (Å²) in [5.74, 6) is 0.886. The van der Waals surface area contributed by atoms with E-state index in [4.69, 9.17) is 10.5 Å². The zero-order chi connectivity index (χ0) is 12.1. The van der Waals surface area contributed by atoms with Crippen molar-refractivity contribution in [1.82, 2.24) is 4.98 Å². The molecule has 17 heavy (non-hydrogen) atoms. The molecule has 0 unspecified atom stereocenters. The van der Waals surface area contributed by atoms with Crippen LogP contribution in [0, 0.1) is 0 Å². The number of anilines is 1. The first-order valence-electron chi connectivity index (χ1n) is 5.70. The molecule has 0 fully saturated rings. The van der Waals surface area contributed by atoms with Gasteiger partial charge in [0.15, 0.2) is 5.13 Å². The summed E-state index contributed by atoms with van der Waals surface area (Å²) in [5, 5.41) is 0.585. The van der Waals surface area contributed by atoms with Gasteiger partial charge in [0.2, 0.25) is 0 Å². The predicted octanol–water partition coefficient (Wildman–Crippen LogP) is 3.26. The number of ether oxygens (including phenoxy) is 1. The third-order valence-corrected chi connectivity index (χ3v) is 3.21. The van der Waals surface area contributed by atoms with E-state index in [1.165, 1.54) is 23.3 Å². The molecule has 2 rings (SSSR count). The summed E-state index contributed by atoms with van der Waals surface area (Å²) in [4.78, 5) is 5.03. The van der Waals surface area contributed by atoms with Crippen molar-refractivity contribution in [2.75, 3.05) is 5.73 Å². The minimum atomic E-state index is 0.530. The third-order valence-electron chi connectivity index (χ3n) is 2.41. The van der Waals surface area contributed by atoms with E-state index in [9.17, 15) is 0 Å². The first-order chi connectivity index (χ1) is 8.28. The van der Waals surface area contributed by atoms with Crippen LogP contribution in [0.25, 0.3) is 0 Å². The molecular weight excluding hydrogens is 232 g/mol. The molecular formula is C13H16N2OS. The Hall–Kier alpha value is -1.55. The van der Waals surface area contributed by atoms with Crippen molar-refractivity contribution >= 4 is 16.5 Å². The molecule has 0 aliphatic heterocycles. The van der Waals surface area contributed by atoms with Crippen LogP contribution in [0.1, 0.15) is 23.8 Å². The summed E-state index contributed by atoms with van der Waals surface area (Å²) in [6.07, 6.45) is 4.04. The predicted molar refractivity (Wildman–Crippen MR) is 71.3 cm³/mol. The molecule has 0 spiro atoms. The second-order valence-electron chi connectivity index (χ2n) is 3.85. The molecule has 0 atom stereocenters. The van der Waals surface area contributed by atoms with Gasteiger partial charge >= 0.3 is 0 Å². The van der Waals surface area contributed by atoms with Crippen LogP contribution < -0.4 is 10.5 Å². The topological polar surface area (TPSA) is 48.1 Å². The standard InChI is InChI=1S/C13H16N2OS/c1-2-3-10-4-6-11(7-5-10)16-9-12-8-15-13(14)17-12/h4-8H,2-3,9H2,1H3,(H2,14,15). The number of nitrogens with two attached hydrogens (primary N) is 1. The highest BCUT2D eigenvalue weighted by Gasteiger charge is 2.00. The minimum Gasteiger partial charge on any atom is -0.488 e. The Balaban J connectivity index is 1.90. The first-order valence-corrected chi connectivity index (χ1v) is 6.51.